The quantitative estimate of drug-likeness (QED) is 0.127. The third kappa shape index (κ3) is 7.09. The monoisotopic (exact) mass is 852 g/mol. The van der Waals surface area contributed by atoms with Crippen LogP contribution in [0.15, 0.2) is 4.42 Å². The van der Waals surface area contributed by atoms with E-state index < -0.39 is 0 Å². The van der Waals surface area contributed by atoms with Gasteiger partial charge in [0.05, 0.1) is 0 Å². The normalized spacial score (nSPS) is 11.7. The Morgan fingerprint density at radius 2 is 0.288 bits per heavy atom. The second kappa shape index (κ2) is 18.3. The van der Waals surface area contributed by atoms with E-state index >= 15 is 0 Å². The fourth-order valence-corrected chi connectivity index (χ4v) is 9.95. The van der Waals surface area contributed by atoms with Gasteiger partial charge in [0.15, 0.2) is 0 Å². The Hall–Kier alpha value is -4.10. The number of hydrogen-bond donors (Lipinski definition) is 0. The van der Waals surface area contributed by atoms with Crippen LogP contribution in [-0.2, 0) is 0 Å². The molecule has 0 aliphatic heterocycles. The summed E-state index contributed by atoms with van der Waals surface area (Å²) in [5.74, 6) is 0. The van der Waals surface area contributed by atoms with Gasteiger partial charge in [-0.15, -0.1) is 60.1 Å². The van der Waals surface area contributed by atoms with Gasteiger partial charge in [0, 0.05) is 10.8 Å². The fourth-order valence-electron chi connectivity index (χ4n) is 9.95. The summed E-state index contributed by atoms with van der Waals surface area (Å²) in [5.41, 5.74) is -6.26. The Labute approximate surface area is 461 Å². The average Bonchev–Trinajstić information content (AvgIpc) is 3.78. The molecule has 0 fully saturated rings. The van der Waals surface area contributed by atoms with Crippen LogP contribution in [0.2, 0.25) is 0 Å². The first-order valence-corrected chi connectivity index (χ1v) is 21.2. The molecule has 1 nitrogen and oxygen atoms in total. The Morgan fingerprint density at radius 3 is 0.630 bits per heavy atom. The third-order valence-corrected chi connectivity index (χ3v) is 14.0. The molecule has 0 atom stereocenters. The number of fused-ring (bicyclic) bond motifs is 5. The Morgan fingerprint density at radius 1 is 0.123 bits per heavy atom. The predicted octanol–water partition coefficient (Wildman–Crippen LogP) is -21.2. The van der Waals surface area contributed by atoms with Gasteiger partial charge in [0.2, 0.25) is 0 Å². The lowest BCUT2D eigenvalue weighted by Gasteiger charge is -2.34. The molecule has 9 rings (SSSR count). The number of hydrogen-bond acceptors (Lipinski definition) is 1. The first-order valence-electron chi connectivity index (χ1n) is 21.2. The number of furan rings is 1. The second-order valence-corrected chi connectivity index (χ2v) is 17.6. The molecule has 1 aromatic heterocycles. The summed E-state index contributed by atoms with van der Waals surface area (Å²) in [6.07, 6.45) is 0. The zero-order valence-electron chi connectivity index (χ0n) is 38.6. The van der Waals surface area contributed by atoms with E-state index in [1.807, 2.05) is 0 Å². The van der Waals surface area contributed by atoms with E-state index in [9.17, 15) is 0 Å². The van der Waals surface area contributed by atoms with Crippen LogP contribution >= 0.6 is 0 Å². The number of rotatable bonds is 4. The molecule has 0 N–H and O–H groups in total. The molecule has 0 amide bonds. The lowest BCUT2D eigenvalue weighted by atomic mass is 9.54. The SMILES string of the molecule is [B]c1c([B])c([B])c(-c2c([B])c([B])c(-c3c([B])c([B])c([B])c([B])c3-c3c4c([B])c([B])c([B])c([B])c4c(-c4c([B])c([B])c5oc6c([B])c([B])c([B])c([B])c6c5c4[B])c4c([B])c([B])c([B])c([B])c34)c([B])c2[B])c([B])c1[B]. The van der Waals surface area contributed by atoms with Gasteiger partial charge < -0.3 is 4.42 Å². The van der Waals surface area contributed by atoms with Crippen molar-refractivity contribution in [1.29, 1.82) is 0 Å². The smallest absolute Gasteiger partial charge is 0.127 e. The summed E-state index contributed by atoms with van der Waals surface area (Å²) in [6, 6.07) is 0. The minimum absolute atomic E-state index is 0.0104. The molecule has 9 aromatic rings. The van der Waals surface area contributed by atoms with Crippen molar-refractivity contribution >= 4 is 416 Å². The van der Waals surface area contributed by atoms with Crippen molar-refractivity contribution in [2.75, 3.05) is 0 Å². The van der Waals surface area contributed by atoms with Gasteiger partial charge in [0.25, 0.3) is 0 Å². The van der Waals surface area contributed by atoms with Crippen LogP contribution < -0.4 is 153 Å². The van der Waals surface area contributed by atoms with Gasteiger partial charge in [-0.05, 0) is 66.1 Å². The van der Waals surface area contributed by atoms with E-state index in [1.54, 1.807) is 0 Å². The lowest BCUT2D eigenvalue weighted by molar-refractivity contribution is 0.675. The van der Waals surface area contributed by atoms with E-state index in [2.05, 4.69) is 0 Å². The first-order chi connectivity index (χ1) is 34.0. The molecule has 1 heterocycles. The molecular formula is C44B28O. The molecule has 0 unspecified atom stereocenters. The predicted molar refractivity (Wildman–Crippen MR) is 341 cm³/mol. The molecule has 8 aromatic carbocycles. The number of benzene rings is 8. The van der Waals surface area contributed by atoms with Gasteiger partial charge in [-0.3, -0.25) is 0 Å². The van der Waals surface area contributed by atoms with Crippen molar-refractivity contribution in [2.45, 2.75) is 0 Å². The highest BCUT2D eigenvalue weighted by Crippen LogP contribution is 2.42. The fraction of sp³-hybridized carbons (Fsp3) is 0. The molecule has 73 heavy (non-hydrogen) atoms. The van der Waals surface area contributed by atoms with Crippen molar-refractivity contribution in [2.24, 2.45) is 0 Å². The summed E-state index contributed by atoms with van der Waals surface area (Å²) in [7, 11) is 189. The van der Waals surface area contributed by atoms with E-state index in [1.165, 1.54) is 0 Å². The van der Waals surface area contributed by atoms with Crippen LogP contribution in [0.5, 0.6) is 0 Å². The van der Waals surface area contributed by atoms with Crippen LogP contribution in [0.25, 0.3) is 88.0 Å². The zero-order valence-corrected chi connectivity index (χ0v) is 38.6. The Balaban J connectivity index is 1.59. The summed E-state index contributed by atoms with van der Waals surface area (Å²) < 4.78 is 6.18. The Kier molecular flexibility index (Phi) is 13.5. The van der Waals surface area contributed by atoms with Crippen LogP contribution in [0.3, 0.4) is 0 Å². The van der Waals surface area contributed by atoms with Gasteiger partial charge in [-0.1, -0.05) is 92.9 Å². The minimum atomic E-state index is -0.289. The third-order valence-electron chi connectivity index (χ3n) is 14.0. The summed E-state index contributed by atoms with van der Waals surface area (Å²) in [6.45, 7) is 0. The van der Waals surface area contributed by atoms with Crippen LogP contribution in [0, 0.1) is 0 Å². The summed E-state index contributed by atoms with van der Waals surface area (Å²) in [5, 5.41) is -0.0368. The highest BCUT2D eigenvalue weighted by Gasteiger charge is 2.32. The van der Waals surface area contributed by atoms with Gasteiger partial charge >= 0.3 is 0 Å². The molecule has 266 valence electrons. The molecule has 0 saturated carbocycles. The topological polar surface area (TPSA) is 13.1 Å². The first kappa shape index (κ1) is 53.7. The average molecular weight is 847 g/mol. The zero-order chi connectivity index (χ0) is 54.1. The minimum Gasteiger partial charge on any atom is -0.457 e. The van der Waals surface area contributed by atoms with Gasteiger partial charge in [0.1, 0.15) is 231 Å². The highest BCUT2D eigenvalue weighted by molar-refractivity contribution is 6.77. The standard InChI is InChI=1S/C44B28O/c45-15-9(28(58)41(71)43-13(15)14-29(59)38(68)40(70)42(72)44(14)73-43)2-6-3(16(46)30(60)33(63)19(6)49)1(4-7(2)20(50)34(64)31(61)17(4)47)5-8(21(51)35(65)32(62)18(5)48)10-22(52)24(54)11(25(55)23(10)53)12-26(56)36(66)39(69)37(67)27(12)57. The van der Waals surface area contributed by atoms with Gasteiger partial charge in [-0.2, -0.15) is 0 Å². The maximum absolute atomic E-state index is 7.25. The van der Waals surface area contributed by atoms with Crippen molar-refractivity contribution in [3.63, 3.8) is 0 Å². The van der Waals surface area contributed by atoms with Crippen LogP contribution in [-0.4, -0.2) is 220 Å². The van der Waals surface area contributed by atoms with Crippen LogP contribution in [0.1, 0.15) is 0 Å². The molecule has 0 aliphatic carbocycles. The summed E-state index contributed by atoms with van der Waals surface area (Å²) >= 11 is 0. The molecular weight excluding hydrogens is 847 g/mol. The summed E-state index contributed by atoms with van der Waals surface area (Å²) in [4.78, 5) is 0. The maximum Gasteiger partial charge on any atom is 0.127 e. The second-order valence-electron chi connectivity index (χ2n) is 17.6. The lowest BCUT2D eigenvalue weighted by Crippen LogP contribution is -2.57. The molecule has 56 radical (unpaired) electrons. The van der Waals surface area contributed by atoms with Crippen molar-refractivity contribution < 1.29 is 4.42 Å². The maximum atomic E-state index is 7.25. The molecule has 0 aliphatic rings. The van der Waals surface area contributed by atoms with Gasteiger partial charge in [-0.25, -0.2) is 0 Å². The largest absolute Gasteiger partial charge is 0.457 e. The molecule has 0 spiro atoms. The van der Waals surface area contributed by atoms with E-state index in [0.29, 0.717) is 0 Å². The molecule has 0 bridgehead atoms. The van der Waals surface area contributed by atoms with E-state index in [0.717, 1.165) is 0 Å². The van der Waals surface area contributed by atoms with Crippen molar-refractivity contribution in [3.05, 3.63) is 0 Å². The van der Waals surface area contributed by atoms with E-state index in [-0.39, 0.29) is 241 Å². The molecule has 29 heteroatoms. The van der Waals surface area contributed by atoms with Crippen molar-refractivity contribution in [3.8, 4) is 44.5 Å². The molecule has 0 saturated heterocycles. The van der Waals surface area contributed by atoms with E-state index in [4.69, 9.17) is 224 Å². The highest BCUT2D eigenvalue weighted by atomic mass is 16.3. The van der Waals surface area contributed by atoms with Crippen LogP contribution in [0.4, 0.5) is 0 Å². The Bertz CT molecular complexity index is 3980. The van der Waals surface area contributed by atoms with Crippen molar-refractivity contribution in [1.82, 2.24) is 0 Å².